The lowest BCUT2D eigenvalue weighted by Gasteiger charge is -2.12. The van der Waals surface area contributed by atoms with Crippen molar-refractivity contribution >= 4 is 11.6 Å². The first-order valence-electron chi connectivity index (χ1n) is 6.39. The molecule has 1 heterocycles. The number of primary amides is 1. The number of benzene rings is 1. The number of amides is 1. The third kappa shape index (κ3) is 4.01. The maximum atomic E-state index is 10.7. The molecule has 0 spiro atoms. The molecule has 0 saturated carbocycles. The SMILES string of the molecule is Cc1ncc(CNc2ccccc2OCCC(N)=O)[nH]1. The number of aryl methyl sites for hydroxylation is 1. The third-order valence-corrected chi connectivity index (χ3v) is 2.72. The molecule has 2 rings (SSSR count). The Hall–Kier alpha value is -2.50. The number of aromatic amines is 1. The molecular weight excluding hydrogens is 256 g/mol. The number of ether oxygens (including phenoxy) is 1. The molecule has 0 aliphatic rings. The summed E-state index contributed by atoms with van der Waals surface area (Å²) in [4.78, 5) is 18.0. The number of imidazole rings is 1. The molecule has 0 unspecified atom stereocenters. The van der Waals surface area contributed by atoms with Crippen LogP contribution in [0.5, 0.6) is 5.75 Å². The molecule has 0 aliphatic heterocycles. The zero-order valence-corrected chi connectivity index (χ0v) is 11.3. The molecule has 6 heteroatoms. The Kier molecular flexibility index (Phi) is 4.60. The first-order valence-corrected chi connectivity index (χ1v) is 6.39. The number of carbonyl (C=O) groups excluding carboxylic acids is 1. The van der Waals surface area contributed by atoms with Crippen molar-refractivity contribution in [2.75, 3.05) is 11.9 Å². The van der Waals surface area contributed by atoms with Crippen LogP contribution >= 0.6 is 0 Å². The summed E-state index contributed by atoms with van der Waals surface area (Å²) in [5.74, 6) is 1.21. The average molecular weight is 274 g/mol. The van der Waals surface area contributed by atoms with Crippen LogP contribution in [0.4, 0.5) is 5.69 Å². The Morgan fingerprint density at radius 3 is 2.95 bits per heavy atom. The van der Waals surface area contributed by atoms with E-state index in [0.29, 0.717) is 12.3 Å². The highest BCUT2D eigenvalue weighted by molar-refractivity contribution is 5.73. The summed E-state index contributed by atoms with van der Waals surface area (Å²) in [5.41, 5.74) is 6.95. The van der Waals surface area contributed by atoms with Crippen molar-refractivity contribution in [1.29, 1.82) is 0 Å². The van der Waals surface area contributed by atoms with Crippen molar-refractivity contribution in [1.82, 2.24) is 9.97 Å². The van der Waals surface area contributed by atoms with Gasteiger partial charge in [-0.25, -0.2) is 4.98 Å². The summed E-state index contributed by atoms with van der Waals surface area (Å²) in [6.07, 6.45) is 1.99. The lowest BCUT2D eigenvalue weighted by molar-refractivity contribution is -0.118. The van der Waals surface area contributed by atoms with E-state index in [9.17, 15) is 4.79 Å². The second-order valence-electron chi connectivity index (χ2n) is 4.41. The molecule has 20 heavy (non-hydrogen) atoms. The Labute approximate surface area is 117 Å². The fourth-order valence-electron chi connectivity index (χ4n) is 1.75. The predicted octanol–water partition coefficient (Wildman–Crippen LogP) is 1.58. The standard InChI is InChI=1S/C14H18N4O2/c1-10-16-8-11(18-10)9-17-12-4-2-3-5-13(12)20-7-6-14(15)19/h2-5,8,17H,6-7,9H2,1H3,(H2,15,19)(H,16,18). The fourth-order valence-corrected chi connectivity index (χ4v) is 1.75. The molecule has 6 nitrogen and oxygen atoms in total. The first-order chi connectivity index (χ1) is 9.65. The Morgan fingerprint density at radius 2 is 2.25 bits per heavy atom. The van der Waals surface area contributed by atoms with E-state index >= 15 is 0 Å². The van der Waals surface area contributed by atoms with Gasteiger partial charge < -0.3 is 20.8 Å². The number of nitrogens with one attached hydrogen (secondary N) is 2. The van der Waals surface area contributed by atoms with Crippen molar-refractivity contribution in [2.24, 2.45) is 5.73 Å². The predicted molar refractivity (Wildman–Crippen MR) is 76.4 cm³/mol. The number of aromatic nitrogens is 2. The van der Waals surface area contributed by atoms with Gasteiger partial charge in [-0.2, -0.15) is 0 Å². The molecule has 0 atom stereocenters. The minimum absolute atomic E-state index is 0.202. The smallest absolute Gasteiger partial charge is 0.220 e. The van der Waals surface area contributed by atoms with E-state index in [1.54, 1.807) is 6.20 Å². The molecule has 0 saturated heterocycles. The van der Waals surface area contributed by atoms with Gasteiger partial charge in [0.2, 0.25) is 5.91 Å². The number of nitrogens with two attached hydrogens (primary N) is 1. The van der Waals surface area contributed by atoms with Crippen LogP contribution < -0.4 is 15.8 Å². The molecule has 0 radical (unpaired) electrons. The van der Waals surface area contributed by atoms with Crippen LogP contribution in [0.15, 0.2) is 30.5 Å². The maximum absolute atomic E-state index is 10.7. The maximum Gasteiger partial charge on any atom is 0.220 e. The van der Waals surface area contributed by atoms with Crippen LogP contribution in [0.3, 0.4) is 0 Å². The van der Waals surface area contributed by atoms with E-state index in [-0.39, 0.29) is 18.9 Å². The molecule has 2 aromatic rings. The van der Waals surface area contributed by atoms with Crippen molar-refractivity contribution < 1.29 is 9.53 Å². The van der Waals surface area contributed by atoms with Gasteiger partial charge in [-0.3, -0.25) is 4.79 Å². The van der Waals surface area contributed by atoms with Gasteiger partial charge in [0.15, 0.2) is 0 Å². The normalized spacial score (nSPS) is 10.2. The lowest BCUT2D eigenvalue weighted by Crippen LogP contribution is -2.15. The van der Waals surface area contributed by atoms with Crippen LogP contribution in [0, 0.1) is 6.92 Å². The summed E-state index contributed by atoms with van der Waals surface area (Å²) in [7, 11) is 0. The molecule has 1 aromatic heterocycles. The number of para-hydroxylation sites is 2. The van der Waals surface area contributed by atoms with E-state index in [1.807, 2.05) is 31.2 Å². The lowest BCUT2D eigenvalue weighted by atomic mass is 10.3. The summed E-state index contributed by atoms with van der Waals surface area (Å²) in [6.45, 7) is 2.80. The highest BCUT2D eigenvalue weighted by Crippen LogP contribution is 2.24. The average Bonchev–Trinajstić information content (AvgIpc) is 2.83. The number of anilines is 1. The topological polar surface area (TPSA) is 93.0 Å². The van der Waals surface area contributed by atoms with E-state index in [1.165, 1.54) is 0 Å². The van der Waals surface area contributed by atoms with Crippen molar-refractivity contribution in [3.63, 3.8) is 0 Å². The number of hydrogen-bond acceptors (Lipinski definition) is 4. The molecule has 1 aromatic carbocycles. The molecular formula is C14H18N4O2. The van der Waals surface area contributed by atoms with Crippen LogP contribution in [0.25, 0.3) is 0 Å². The Morgan fingerprint density at radius 1 is 1.45 bits per heavy atom. The minimum Gasteiger partial charge on any atom is -0.491 e. The number of rotatable bonds is 7. The quantitative estimate of drug-likeness (QED) is 0.714. The minimum atomic E-state index is -0.372. The zero-order chi connectivity index (χ0) is 14.4. The van der Waals surface area contributed by atoms with Gasteiger partial charge in [-0.1, -0.05) is 12.1 Å². The van der Waals surface area contributed by atoms with E-state index < -0.39 is 0 Å². The molecule has 0 bridgehead atoms. The van der Waals surface area contributed by atoms with Crippen molar-refractivity contribution in [3.05, 3.63) is 42.0 Å². The van der Waals surface area contributed by atoms with Crippen molar-refractivity contribution in [3.8, 4) is 5.75 Å². The van der Waals surface area contributed by atoms with Crippen LogP contribution in [0.1, 0.15) is 17.9 Å². The second-order valence-corrected chi connectivity index (χ2v) is 4.41. The van der Waals surface area contributed by atoms with Crippen LogP contribution in [-0.2, 0) is 11.3 Å². The van der Waals surface area contributed by atoms with Gasteiger partial charge in [0.25, 0.3) is 0 Å². The molecule has 1 amide bonds. The molecule has 4 N–H and O–H groups in total. The van der Waals surface area contributed by atoms with E-state index in [2.05, 4.69) is 15.3 Å². The monoisotopic (exact) mass is 274 g/mol. The zero-order valence-electron chi connectivity index (χ0n) is 11.3. The van der Waals surface area contributed by atoms with Gasteiger partial charge in [0.1, 0.15) is 11.6 Å². The fraction of sp³-hybridized carbons (Fsp3) is 0.286. The number of hydrogen-bond donors (Lipinski definition) is 3. The summed E-state index contributed by atoms with van der Waals surface area (Å²) >= 11 is 0. The number of carbonyl (C=O) groups is 1. The van der Waals surface area contributed by atoms with E-state index in [4.69, 9.17) is 10.5 Å². The molecule has 106 valence electrons. The molecule has 0 aliphatic carbocycles. The van der Waals surface area contributed by atoms with E-state index in [0.717, 1.165) is 17.2 Å². The van der Waals surface area contributed by atoms with Crippen LogP contribution in [0.2, 0.25) is 0 Å². The van der Waals surface area contributed by atoms with Crippen molar-refractivity contribution in [2.45, 2.75) is 19.9 Å². The molecule has 0 fully saturated rings. The van der Waals surface area contributed by atoms with Crippen LogP contribution in [-0.4, -0.2) is 22.5 Å². The summed E-state index contributed by atoms with van der Waals surface area (Å²) in [6, 6.07) is 7.57. The summed E-state index contributed by atoms with van der Waals surface area (Å²) < 4.78 is 5.55. The van der Waals surface area contributed by atoms with Gasteiger partial charge in [0.05, 0.1) is 37.2 Å². The second kappa shape index (κ2) is 6.60. The third-order valence-electron chi connectivity index (χ3n) is 2.72. The van der Waals surface area contributed by atoms with Gasteiger partial charge >= 0.3 is 0 Å². The number of nitrogens with zero attached hydrogens (tertiary/aromatic N) is 1. The first kappa shape index (κ1) is 13.9. The Bertz CT molecular complexity index is 580. The summed E-state index contributed by atoms with van der Waals surface area (Å²) in [5, 5.41) is 3.27. The van der Waals surface area contributed by atoms with Gasteiger partial charge in [-0.15, -0.1) is 0 Å². The highest BCUT2D eigenvalue weighted by atomic mass is 16.5. The van der Waals surface area contributed by atoms with Gasteiger partial charge in [-0.05, 0) is 19.1 Å². The largest absolute Gasteiger partial charge is 0.491 e. The number of H-pyrrole nitrogens is 1. The highest BCUT2D eigenvalue weighted by Gasteiger charge is 2.04. The Balaban J connectivity index is 1.94. The van der Waals surface area contributed by atoms with Gasteiger partial charge in [0, 0.05) is 0 Å².